The predicted molar refractivity (Wildman–Crippen MR) is 265 cm³/mol. The Hall–Kier alpha value is -7.68. The smallest absolute Gasteiger partial charge is 0.0541 e. The van der Waals surface area contributed by atoms with E-state index in [4.69, 9.17) is 0 Å². The van der Waals surface area contributed by atoms with Crippen molar-refractivity contribution in [1.82, 2.24) is 9.13 Å². The fourth-order valence-electron chi connectivity index (χ4n) is 10.2. The average molecular weight is 793 g/mol. The molecular formula is C60H44N2. The zero-order valence-corrected chi connectivity index (χ0v) is 34.9. The lowest BCUT2D eigenvalue weighted by Gasteiger charge is -2.18. The molecule has 0 saturated heterocycles. The third-order valence-electron chi connectivity index (χ3n) is 13.4. The lowest BCUT2D eigenvalue weighted by molar-refractivity contribution is 0.733. The van der Waals surface area contributed by atoms with E-state index in [1.807, 2.05) is 0 Å². The summed E-state index contributed by atoms with van der Waals surface area (Å²) in [6.45, 7) is 4.56. The number of aromatic nitrogens is 2. The van der Waals surface area contributed by atoms with Gasteiger partial charge in [0.15, 0.2) is 0 Å². The zero-order chi connectivity index (χ0) is 41.3. The molecule has 10 aromatic carbocycles. The van der Waals surface area contributed by atoms with Crippen LogP contribution in [0.5, 0.6) is 0 Å². The molecule has 0 aliphatic rings. The van der Waals surface area contributed by atoms with Gasteiger partial charge in [-0.05, 0) is 133 Å². The van der Waals surface area contributed by atoms with Crippen LogP contribution in [-0.2, 0) is 0 Å². The highest BCUT2D eigenvalue weighted by atomic mass is 15.0. The van der Waals surface area contributed by atoms with Crippen molar-refractivity contribution in [2.24, 2.45) is 0 Å². The fourth-order valence-corrected chi connectivity index (χ4v) is 10.2. The van der Waals surface area contributed by atoms with Gasteiger partial charge in [-0.2, -0.15) is 0 Å². The van der Waals surface area contributed by atoms with Crippen molar-refractivity contribution in [2.45, 2.75) is 26.2 Å². The molecule has 0 amide bonds. The number of rotatable bonds is 7. The first kappa shape index (κ1) is 36.2. The van der Waals surface area contributed by atoms with Gasteiger partial charge >= 0.3 is 0 Å². The second-order valence-corrected chi connectivity index (χ2v) is 16.8. The summed E-state index contributed by atoms with van der Waals surface area (Å²) in [6, 6.07) is 78.6. The van der Waals surface area contributed by atoms with Crippen LogP contribution in [0, 0.1) is 0 Å². The number of para-hydroxylation sites is 2. The maximum Gasteiger partial charge on any atom is 0.0541 e. The minimum Gasteiger partial charge on any atom is -0.309 e. The Morgan fingerprint density at radius 3 is 1.13 bits per heavy atom. The van der Waals surface area contributed by atoms with E-state index in [1.54, 1.807) is 0 Å². The van der Waals surface area contributed by atoms with E-state index in [9.17, 15) is 0 Å². The molecule has 2 aromatic heterocycles. The Morgan fingerprint density at radius 1 is 0.323 bits per heavy atom. The molecule has 0 spiro atoms. The molecule has 0 saturated carbocycles. The molecule has 1 unspecified atom stereocenters. The van der Waals surface area contributed by atoms with Crippen molar-refractivity contribution in [1.29, 1.82) is 0 Å². The maximum atomic E-state index is 2.43. The number of hydrogen-bond donors (Lipinski definition) is 0. The third-order valence-corrected chi connectivity index (χ3v) is 13.4. The lowest BCUT2D eigenvalue weighted by atomic mass is 9.86. The quantitative estimate of drug-likeness (QED) is 0.142. The first-order chi connectivity index (χ1) is 30.6. The van der Waals surface area contributed by atoms with Crippen LogP contribution in [0.25, 0.3) is 110 Å². The van der Waals surface area contributed by atoms with Gasteiger partial charge in [-0.3, -0.25) is 0 Å². The summed E-state index contributed by atoms with van der Waals surface area (Å²) >= 11 is 0. The number of nitrogens with zero attached hydrogens (tertiary/aromatic N) is 2. The molecule has 12 rings (SSSR count). The topological polar surface area (TPSA) is 9.86 Å². The first-order valence-electron chi connectivity index (χ1n) is 21.9. The summed E-state index contributed by atoms with van der Waals surface area (Å²) in [4.78, 5) is 0. The van der Waals surface area contributed by atoms with E-state index < -0.39 is 0 Å². The SMILES string of the molecule is CCC(C)c1ccc(-n2c3ccccc3c3cc(-c4ccc5c(c4)c4ccccc4n5-c4ccc(-c5c6ccccc6c(-c6ccccc6)c6ccccc56)cc4)ccc32)cc1. The monoisotopic (exact) mass is 792 g/mol. The molecule has 2 heteroatoms. The van der Waals surface area contributed by atoms with Gasteiger partial charge in [0, 0.05) is 32.9 Å². The minimum absolute atomic E-state index is 0.549. The highest BCUT2D eigenvalue weighted by Crippen LogP contribution is 2.44. The van der Waals surface area contributed by atoms with E-state index in [1.165, 1.54) is 110 Å². The van der Waals surface area contributed by atoms with Gasteiger partial charge in [0.25, 0.3) is 0 Å². The molecule has 12 aromatic rings. The molecule has 2 heterocycles. The molecule has 0 fully saturated rings. The van der Waals surface area contributed by atoms with Gasteiger partial charge in [0.2, 0.25) is 0 Å². The number of fused-ring (bicyclic) bond motifs is 8. The molecule has 0 aliphatic carbocycles. The van der Waals surface area contributed by atoms with Gasteiger partial charge in [-0.15, -0.1) is 0 Å². The molecule has 0 aliphatic heterocycles. The van der Waals surface area contributed by atoms with Crippen LogP contribution in [0.15, 0.2) is 212 Å². The molecule has 2 nitrogen and oxygen atoms in total. The van der Waals surface area contributed by atoms with E-state index >= 15 is 0 Å². The molecule has 0 radical (unpaired) electrons. The predicted octanol–water partition coefficient (Wildman–Crippen LogP) is 16.7. The fraction of sp³-hybridized carbons (Fsp3) is 0.0667. The van der Waals surface area contributed by atoms with E-state index in [2.05, 4.69) is 235 Å². The van der Waals surface area contributed by atoms with Crippen LogP contribution in [-0.4, -0.2) is 9.13 Å². The van der Waals surface area contributed by atoms with Crippen LogP contribution in [0.2, 0.25) is 0 Å². The van der Waals surface area contributed by atoms with Crippen molar-refractivity contribution < 1.29 is 0 Å². The summed E-state index contributed by atoms with van der Waals surface area (Å²) in [7, 11) is 0. The molecule has 62 heavy (non-hydrogen) atoms. The van der Waals surface area contributed by atoms with Crippen molar-refractivity contribution >= 4 is 65.2 Å². The summed E-state index contributed by atoms with van der Waals surface area (Å²) in [5.74, 6) is 0.549. The third kappa shape index (κ3) is 5.64. The summed E-state index contributed by atoms with van der Waals surface area (Å²) in [5.41, 5.74) is 16.0. The Kier molecular flexibility index (Phi) is 8.47. The molecule has 0 N–H and O–H groups in total. The van der Waals surface area contributed by atoms with Crippen molar-refractivity contribution in [3.63, 3.8) is 0 Å². The van der Waals surface area contributed by atoms with Crippen LogP contribution in [0.4, 0.5) is 0 Å². The molecule has 0 bridgehead atoms. The Bertz CT molecular complexity index is 3600. The molecular weight excluding hydrogens is 749 g/mol. The summed E-state index contributed by atoms with van der Waals surface area (Å²) < 4.78 is 4.85. The summed E-state index contributed by atoms with van der Waals surface area (Å²) in [5, 5.41) is 10.1. The lowest BCUT2D eigenvalue weighted by Crippen LogP contribution is -1.96. The second kappa shape index (κ2) is 14.5. The Balaban J connectivity index is 0.966. The first-order valence-corrected chi connectivity index (χ1v) is 21.9. The Labute approximate surface area is 361 Å². The van der Waals surface area contributed by atoms with Gasteiger partial charge in [0.1, 0.15) is 0 Å². The largest absolute Gasteiger partial charge is 0.309 e. The average Bonchev–Trinajstić information content (AvgIpc) is 3.85. The maximum absolute atomic E-state index is 2.43. The van der Waals surface area contributed by atoms with Crippen LogP contribution in [0.1, 0.15) is 31.7 Å². The van der Waals surface area contributed by atoms with Gasteiger partial charge in [-0.25, -0.2) is 0 Å². The van der Waals surface area contributed by atoms with Crippen molar-refractivity contribution in [3.05, 3.63) is 218 Å². The second-order valence-electron chi connectivity index (χ2n) is 16.8. The van der Waals surface area contributed by atoms with Crippen molar-refractivity contribution in [3.8, 4) is 44.8 Å². The normalized spacial score (nSPS) is 12.4. The van der Waals surface area contributed by atoms with E-state index in [0.29, 0.717) is 5.92 Å². The van der Waals surface area contributed by atoms with Crippen LogP contribution in [0.3, 0.4) is 0 Å². The van der Waals surface area contributed by atoms with Gasteiger partial charge < -0.3 is 9.13 Å². The number of benzene rings is 10. The zero-order valence-electron chi connectivity index (χ0n) is 34.9. The molecule has 294 valence electrons. The molecule has 1 atom stereocenters. The van der Waals surface area contributed by atoms with E-state index in [0.717, 1.165) is 12.1 Å². The van der Waals surface area contributed by atoms with Crippen molar-refractivity contribution in [2.75, 3.05) is 0 Å². The van der Waals surface area contributed by atoms with E-state index in [-0.39, 0.29) is 0 Å². The number of hydrogen-bond acceptors (Lipinski definition) is 0. The Morgan fingerprint density at radius 2 is 0.677 bits per heavy atom. The van der Waals surface area contributed by atoms with Gasteiger partial charge in [0.05, 0.1) is 22.1 Å². The summed E-state index contributed by atoms with van der Waals surface area (Å²) in [6.07, 6.45) is 1.14. The standard InChI is InChI=1S/C60H44N2/c1-3-39(2)40-25-31-45(32-26-40)61-55-23-13-11-17-47(55)53-37-43(29-35-57(53)61)44-30-36-58-54(38-44)48-18-12-14-24-56(48)62(58)46-33-27-42(28-34-46)60-51-21-9-7-19-49(51)59(41-15-5-4-6-16-41)50-20-8-10-22-52(50)60/h4-39H,3H2,1-2H3. The highest BCUT2D eigenvalue weighted by Gasteiger charge is 2.19. The highest BCUT2D eigenvalue weighted by molar-refractivity contribution is 6.21. The van der Waals surface area contributed by atoms with Crippen LogP contribution < -0.4 is 0 Å². The van der Waals surface area contributed by atoms with Crippen LogP contribution >= 0.6 is 0 Å². The van der Waals surface area contributed by atoms with Gasteiger partial charge in [-0.1, -0.05) is 166 Å². The minimum atomic E-state index is 0.549.